The van der Waals surface area contributed by atoms with Crippen LogP contribution in [0.3, 0.4) is 0 Å². The topological polar surface area (TPSA) is 86.0 Å². The molecule has 3 aromatic heterocycles. The monoisotopic (exact) mass is 445 g/mol. The van der Waals surface area contributed by atoms with Gasteiger partial charge in [0.1, 0.15) is 34.5 Å². The number of pyridine rings is 1. The average molecular weight is 445 g/mol. The van der Waals surface area contributed by atoms with E-state index in [0.29, 0.717) is 51.7 Å². The van der Waals surface area contributed by atoms with Crippen molar-refractivity contribution < 1.29 is 17.9 Å². The Morgan fingerprint density at radius 2 is 1.91 bits per heavy atom. The van der Waals surface area contributed by atoms with Crippen LogP contribution in [0.2, 0.25) is 0 Å². The fourth-order valence-corrected chi connectivity index (χ4v) is 3.49. The summed E-state index contributed by atoms with van der Waals surface area (Å²) in [6, 6.07) is 10.3. The number of anilines is 1. The Hall–Kier alpha value is -4.40. The Kier molecular flexibility index (Phi) is 5.35. The highest BCUT2D eigenvalue weighted by molar-refractivity contribution is 5.97. The molecular formula is C24H17F2N5O2. The van der Waals surface area contributed by atoms with Crippen molar-refractivity contribution in [3.8, 4) is 28.3 Å². The molecule has 3 heterocycles. The molecule has 0 unspecified atom stereocenters. The molecule has 2 aromatic carbocycles. The quantitative estimate of drug-likeness (QED) is 0.382. The Bertz CT molecular complexity index is 1430. The van der Waals surface area contributed by atoms with Crippen LogP contribution in [0.25, 0.3) is 33.4 Å². The summed E-state index contributed by atoms with van der Waals surface area (Å²) >= 11 is 0. The van der Waals surface area contributed by atoms with Gasteiger partial charge in [-0.25, -0.2) is 23.7 Å². The summed E-state index contributed by atoms with van der Waals surface area (Å²) in [5, 5.41) is 3.80. The van der Waals surface area contributed by atoms with Gasteiger partial charge < -0.3 is 14.5 Å². The zero-order chi connectivity index (χ0) is 22.8. The lowest BCUT2D eigenvalue weighted by Crippen LogP contribution is -2.05. The molecule has 0 amide bonds. The van der Waals surface area contributed by atoms with Gasteiger partial charge >= 0.3 is 0 Å². The van der Waals surface area contributed by atoms with Gasteiger partial charge in [-0.2, -0.15) is 0 Å². The predicted octanol–water partition coefficient (Wildman–Crippen LogP) is 5.25. The van der Waals surface area contributed by atoms with Crippen molar-refractivity contribution >= 4 is 16.7 Å². The number of hydrogen-bond donors (Lipinski definition) is 1. The summed E-state index contributed by atoms with van der Waals surface area (Å²) in [4.78, 5) is 17.4. The molecule has 164 valence electrons. The van der Waals surface area contributed by atoms with E-state index in [0.717, 1.165) is 18.2 Å². The maximum atomic E-state index is 14.5. The van der Waals surface area contributed by atoms with Crippen LogP contribution in [0.1, 0.15) is 5.76 Å². The van der Waals surface area contributed by atoms with Crippen LogP contribution in [-0.4, -0.2) is 27.0 Å². The molecule has 0 spiro atoms. The SMILES string of the molecule is COc1cc(-c2cc(F)ccc2F)cc2c(NCc3cnco3)nc(-c3cccnc3)nc12. The second-order valence-electron chi connectivity index (χ2n) is 7.16. The molecule has 0 aliphatic heterocycles. The van der Waals surface area contributed by atoms with Gasteiger partial charge in [0, 0.05) is 28.9 Å². The number of nitrogens with zero attached hydrogens (tertiary/aromatic N) is 4. The number of fused-ring (bicyclic) bond motifs is 1. The van der Waals surface area contributed by atoms with E-state index in [2.05, 4.69) is 25.3 Å². The highest BCUT2D eigenvalue weighted by atomic mass is 19.1. The van der Waals surface area contributed by atoms with Crippen molar-refractivity contribution in [1.82, 2.24) is 19.9 Å². The molecule has 7 nitrogen and oxygen atoms in total. The maximum Gasteiger partial charge on any atom is 0.180 e. The average Bonchev–Trinajstić information content (AvgIpc) is 3.37. The third-order valence-electron chi connectivity index (χ3n) is 5.06. The van der Waals surface area contributed by atoms with Gasteiger partial charge in [0.25, 0.3) is 0 Å². The Labute approximate surface area is 187 Å². The Morgan fingerprint density at radius 1 is 1.00 bits per heavy atom. The van der Waals surface area contributed by atoms with Crippen LogP contribution < -0.4 is 10.1 Å². The highest BCUT2D eigenvalue weighted by Gasteiger charge is 2.17. The second kappa shape index (κ2) is 8.62. The maximum absolute atomic E-state index is 14.5. The van der Waals surface area contributed by atoms with Crippen molar-refractivity contribution in [3.63, 3.8) is 0 Å². The molecule has 5 rings (SSSR count). The van der Waals surface area contributed by atoms with Gasteiger partial charge in [-0.3, -0.25) is 4.98 Å². The molecule has 0 saturated heterocycles. The number of methoxy groups -OCH3 is 1. The molecule has 0 bridgehead atoms. The van der Waals surface area contributed by atoms with Crippen LogP contribution in [0, 0.1) is 11.6 Å². The molecular weight excluding hydrogens is 428 g/mol. The number of rotatable bonds is 6. The fraction of sp³-hybridized carbons (Fsp3) is 0.0833. The van der Waals surface area contributed by atoms with Crippen molar-refractivity contribution in [2.24, 2.45) is 0 Å². The first-order valence-corrected chi connectivity index (χ1v) is 9.99. The summed E-state index contributed by atoms with van der Waals surface area (Å²) < 4.78 is 39.3. The molecule has 1 N–H and O–H groups in total. The van der Waals surface area contributed by atoms with Crippen molar-refractivity contribution in [2.45, 2.75) is 6.54 Å². The van der Waals surface area contributed by atoms with Gasteiger partial charge in [-0.15, -0.1) is 0 Å². The third-order valence-corrected chi connectivity index (χ3v) is 5.06. The smallest absolute Gasteiger partial charge is 0.180 e. The highest BCUT2D eigenvalue weighted by Crippen LogP contribution is 2.37. The van der Waals surface area contributed by atoms with E-state index in [1.54, 1.807) is 36.8 Å². The largest absolute Gasteiger partial charge is 0.494 e. The first kappa shape index (κ1) is 20.5. The van der Waals surface area contributed by atoms with Crippen LogP contribution in [-0.2, 0) is 6.54 Å². The molecule has 33 heavy (non-hydrogen) atoms. The predicted molar refractivity (Wildman–Crippen MR) is 119 cm³/mol. The summed E-state index contributed by atoms with van der Waals surface area (Å²) in [6.45, 7) is 0.305. The van der Waals surface area contributed by atoms with Crippen LogP contribution in [0.4, 0.5) is 14.6 Å². The minimum atomic E-state index is -0.554. The molecule has 0 radical (unpaired) electrons. The van der Waals surface area contributed by atoms with Crippen LogP contribution in [0.15, 0.2) is 71.9 Å². The van der Waals surface area contributed by atoms with Crippen LogP contribution >= 0.6 is 0 Å². The first-order chi connectivity index (χ1) is 16.1. The Morgan fingerprint density at radius 3 is 2.67 bits per heavy atom. The molecule has 5 aromatic rings. The molecule has 0 saturated carbocycles. The van der Waals surface area contributed by atoms with E-state index in [4.69, 9.17) is 9.15 Å². The van der Waals surface area contributed by atoms with E-state index in [-0.39, 0.29) is 5.56 Å². The number of nitrogens with one attached hydrogen (secondary N) is 1. The third kappa shape index (κ3) is 4.08. The summed E-state index contributed by atoms with van der Waals surface area (Å²) in [7, 11) is 1.49. The van der Waals surface area contributed by atoms with Gasteiger partial charge in [-0.05, 0) is 48.0 Å². The first-order valence-electron chi connectivity index (χ1n) is 9.99. The lowest BCUT2D eigenvalue weighted by atomic mass is 10.0. The normalized spacial score (nSPS) is 11.0. The zero-order valence-corrected chi connectivity index (χ0v) is 17.4. The minimum absolute atomic E-state index is 0.104. The van der Waals surface area contributed by atoms with Crippen molar-refractivity contribution in [3.05, 3.63) is 84.8 Å². The minimum Gasteiger partial charge on any atom is -0.494 e. The molecule has 0 aliphatic rings. The second-order valence-corrected chi connectivity index (χ2v) is 7.16. The van der Waals surface area contributed by atoms with Gasteiger partial charge in [0.15, 0.2) is 12.2 Å². The number of hydrogen-bond acceptors (Lipinski definition) is 7. The Balaban J connectivity index is 1.72. The number of oxazole rings is 1. The van der Waals surface area contributed by atoms with Crippen molar-refractivity contribution in [1.29, 1.82) is 0 Å². The molecule has 0 atom stereocenters. The van der Waals surface area contributed by atoms with Gasteiger partial charge in [0.2, 0.25) is 0 Å². The summed E-state index contributed by atoms with van der Waals surface area (Å²) in [5.41, 5.74) is 1.75. The lowest BCUT2D eigenvalue weighted by Gasteiger charge is -2.15. The van der Waals surface area contributed by atoms with E-state index in [1.165, 1.54) is 13.5 Å². The summed E-state index contributed by atoms with van der Waals surface area (Å²) in [5.74, 6) is 0.787. The van der Waals surface area contributed by atoms with Gasteiger partial charge in [-0.1, -0.05) is 0 Å². The van der Waals surface area contributed by atoms with E-state index < -0.39 is 11.6 Å². The molecule has 0 aliphatic carbocycles. The number of halogens is 2. The van der Waals surface area contributed by atoms with E-state index in [9.17, 15) is 8.78 Å². The lowest BCUT2D eigenvalue weighted by molar-refractivity contribution is 0.419. The number of benzene rings is 2. The van der Waals surface area contributed by atoms with E-state index in [1.807, 2.05) is 6.07 Å². The van der Waals surface area contributed by atoms with Crippen molar-refractivity contribution in [2.75, 3.05) is 12.4 Å². The van der Waals surface area contributed by atoms with Crippen LogP contribution in [0.5, 0.6) is 5.75 Å². The number of ether oxygens (including phenoxy) is 1. The zero-order valence-electron chi connectivity index (χ0n) is 17.4. The number of aromatic nitrogens is 4. The van der Waals surface area contributed by atoms with Gasteiger partial charge in [0.05, 0.1) is 19.9 Å². The van der Waals surface area contributed by atoms with E-state index >= 15 is 0 Å². The summed E-state index contributed by atoms with van der Waals surface area (Å²) in [6.07, 6.45) is 6.24. The fourth-order valence-electron chi connectivity index (χ4n) is 3.49. The molecule has 9 heteroatoms. The standard InChI is InChI=1S/C24H17F2N5O2/c1-32-21-8-15(18-9-16(25)4-5-20(18)26)7-19-22(21)30-23(14-3-2-6-27-10-14)31-24(19)29-12-17-11-28-13-33-17/h2-11,13H,12H2,1H3,(H,29,30,31). The molecule has 0 fully saturated rings.